The number of imide groups is 1. The Bertz CT molecular complexity index is 1460. The number of benzene rings is 3. The monoisotopic (exact) mass is 716 g/mol. The molecule has 3 atom stereocenters. The normalized spacial score (nSPS) is 17.0. The van der Waals surface area contributed by atoms with Crippen LogP contribution in [-0.2, 0) is 29.2 Å². The Labute approximate surface area is 319 Å². The van der Waals surface area contributed by atoms with Crippen molar-refractivity contribution < 1.29 is 23.0 Å². The number of amides is 2. The molecule has 0 radical (unpaired) electrons. The van der Waals surface area contributed by atoms with Crippen molar-refractivity contribution in [2.24, 2.45) is 17.8 Å². The topological polar surface area (TPSA) is 37.4 Å². The Morgan fingerprint density at radius 1 is 0.635 bits per heavy atom. The minimum atomic E-state index is -0.226. The van der Waals surface area contributed by atoms with E-state index in [0.717, 1.165) is 58.4 Å². The molecule has 1 saturated heterocycles. The maximum atomic E-state index is 13.0. The van der Waals surface area contributed by atoms with Gasteiger partial charge in [-0.3, -0.25) is 14.5 Å². The fourth-order valence-corrected chi connectivity index (χ4v) is 6.48. The Kier molecular flexibility index (Phi) is 17.9. The van der Waals surface area contributed by atoms with Gasteiger partial charge in [0.25, 0.3) is 0 Å². The predicted octanol–water partition coefficient (Wildman–Crippen LogP) is 9.01. The summed E-state index contributed by atoms with van der Waals surface area (Å²) in [4.78, 5) is 27.4. The van der Waals surface area contributed by atoms with E-state index in [2.05, 4.69) is 145 Å². The molecule has 0 aromatic heterocycles. The van der Waals surface area contributed by atoms with Crippen LogP contribution in [0.4, 0.5) is 0 Å². The molecular formula is C46H75N4O2+3. The zero-order valence-electron chi connectivity index (χ0n) is 35.4. The zero-order chi connectivity index (χ0) is 39.1. The second-order valence-electron chi connectivity index (χ2n) is 17.9. The van der Waals surface area contributed by atoms with E-state index < -0.39 is 0 Å². The number of hydrogen-bond acceptors (Lipinski definition) is 2. The van der Waals surface area contributed by atoms with Crippen molar-refractivity contribution in [3.8, 4) is 0 Å². The average Bonchev–Trinajstić information content (AvgIpc) is 3.28. The minimum absolute atomic E-state index is 0.00127. The van der Waals surface area contributed by atoms with Gasteiger partial charge in [-0.15, -0.1) is 0 Å². The predicted molar refractivity (Wildman–Crippen MR) is 220 cm³/mol. The fraction of sp³-hybridized carbons (Fsp3) is 0.565. The first-order chi connectivity index (χ1) is 24.3. The maximum absolute atomic E-state index is 13.0. The summed E-state index contributed by atoms with van der Waals surface area (Å²) in [6.45, 7) is 18.7. The van der Waals surface area contributed by atoms with Crippen molar-refractivity contribution in [1.82, 2.24) is 4.90 Å². The molecule has 3 aromatic rings. The number of likely N-dealkylation sites (tertiary alicyclic amines) is 1. The number of rotatable bonds is 15. The van der Waals surface area contributed by atoms with Crippen LogP contribution in [0.2, 0.25) is 0 Å². The van der Waals surface area contributed by atoms with Gasteiger partial charge in [-0.2, -0.15) is 0 Å². The van der Waals surface area contributed by atoms with Gasteiger partial charge in [0.15, 0.2) is 0 Å². The van der Waals surface area contributed by atoms with E-state index in [0.29, 0.717) is 6.54 Å². The molecule has 0 aliphatic carbocycles. The minimum Gasteiger partial charge on any atom is -0.327 e. The van der Waals surface area contributed by atoms with E-state index >= 15 is 0 Å². The van der Waals surface area contributed by atoms with E-state index in [9.17, 15) is 9.59 Å². The summed E-state index contributed by atoms with van der Waals surface area (Å²) >= 11 is 0. The lowest BCUT2D eigenvalue weighted by Crippen LogP contribution is -2.42. The first-order valence-electron chi connectivity index (χ1n) is 19.7. The standard InChI is InChI=1S/C26H35N2O2.C15H28N2.C5H12/c1-20(23-14-9-6-10-15-23)18-24-21(2)25(29)27(26(24)30)16-11-17-28(3,4)19-22-12-7-5-8-13-22;1-7-17(5,6)13-15-10-8-14(9-11-15)12-16(2,3)4;1-4-5(2)3/h5-10,12-15,20-21,24H,11,16-19H2,1-4H3;8-11H,7,12-13H2,1-6H3;5H,4H2,1-3H3/q+1;+2;. The quantitative estimate of drug-likeness (QED) is 0.116. The number of carbonyl (C=O) groups excluding carboxylic acids is 2. The summed E-state index contributed by atoms with van der Waals surface area (Å²) in [6.07, 6.45) is 2.85. The Hall–Kier alpha value is -3.32. The van der Waals surface area contributed by atoms with Crippen molar-refractivity contribution in [1.29, 1.82) is 0 Å². The van der Waals surface area contributed by atoms with E-state index in [4.69, 9.17) is 0 Å². The first kappa shape index (κ1) is 44.8. The van der Waals surface area contributed by atoms with Gasteiger partial charge in [0.2, 0.25) is 11.8 Å². The summed E-state index contributed by atoms with van der Waals surface area (Å²) < 4.78 is 2.87. The fourth-order valence-electron chi connectivity index (χ4n) is 6.48. The van der Waals surface area contributed by atoms with E-state index in [-0.39, 0.29) is 29.6 Å². The van der Waals surface area contributed by atoms with E-state index in [1.54, 1.807) is 0 Å². The number of quaternary nitrogens is 3. The molecule has 1 heterocycles. The van der Waals surface area contributed by atoms with Crippen LogP contribution in [0, 0.1) is 17.8 Å². The third-order valence-corrected chi connectivity index (χ3v) is 10.4. The Morgan fingerprint density at radius 3 is 1.58 bits per heavy atom. The molecule has 1 aliphatic rings. The first-order valence-corrected chi connectivity index (χ1v) is 19.7. The van der Waals surface area contributed by atoms with Crippen LogP contribution in [-0.4, -0.2) is 99.1 Å². The highest BCUT2D eigenvalue weighted by molar-refractivity contribution is 6.04. The molecule has 2 amide bonds. The van der Waals surface area contributed by atoms with Crippen molar-refractivity contribution >= 4 is 11.8 Å². The van der Waals surface area contributed by atoms with Gasteiger partial charge in [-0.1, -0.05) is 126 Å². The van der Waals surface area contributed by atoms with Gasteiger partial charge < -0.3 is 13.4 Å². The molecule has 1 fully saturated rings. The van der Waals surface area contributed by atoms with Crippen LogP contribution in [0.25, 0.3) is 0 Å². The van der Waals surface area contributed by atoms with Gasteiger partial charge in [-0.05, 0) is 30.7 Å². The van der Waals surface area contributed by atoms with E-state index in [1.807, 2.05) is 31.2 Å². The number of nitrogens with zero attached hydrogens (tertiary/aromatic N) is 4. The van der Waals surface area contributed by atoms with Crippen LogP contribution in [0.3, 0.4) is 0 Å². The lowest BCUT2D eigenvalue weighted by atomic mass is 9.85. The second-order valence-corrected chi connectivity index (χ2v) is 17.9. The van der Waals surface area contributed by atoms with Crippen LogP contribution < -0.4 is 0 Å². The molecular weight excluding hydrogens is 641 g/mol. The average molecular weight is 716 g/mol. The summed E-state index contributed by atoms with van der Waals surface area (Å²) in [5.41, 5.74) is 5.38. The molecule has 0 spiro atoms. The van der Waals surface area contributed by atoms with Crippen molar-refractivity contribution in [2.45, 2.75) is 86.4 Å². The molecule has 0 saturated carbocycles. The molecule has 288 valence electrons. The van der Waals surface area contributed by atoms with Crippen LogP contribution >= 0.6 is 0 Å². The smallest absolute Gasteiger partial charge is 0.233 e. The molecule has 1 aliphatic heterocycles. The highest BCUT2D eigenvalue weighted by atomic mass is 16.2. The van der Waals surface area contributed by atoms with Crippen LogP contribution in [0.15, 0.2) is 84.9 Å². The summed E-state index contributed by atoms with van der Waals surface area (Å²) in [5, 5.41) is 0. The summed E-state index contributed by atoms with van der Waals surface area (Å²) in [7, 11) is 15.6. The molecule has 3 unspecified atom stereocenters. The van der Waals surface area contributed by atoms with Gasteiger partial charge in [0.1, 0.15) is 19.6 Å². The zero-order valence-corrected chi connectivity index (χ0v) is 35.4. The molecule has 6 heteroatoms. The van der Waals surface area contributed by atoms with Crippen molar-refractivity contribution in [2.75, 3.05) is 69.0 Å². The van der Waals surface area contributed by atoms with E-state index in [1.165, 1.54) is 40.1 Å². The number of carbonyl (C=O) groups is 2. The third-order valence-electron chi connectivity index (χ3n) is 10.4. The highest BCUT2D eigenvalue weighted by Gasteiger charge is 2.45. The molecule has 0 bridgehead atoms. The molecule has 0 N–H and O–H groups in total. The lowest BCUT2D eigenvalue weighted by Gasteiger charge is -2.30. The molecule has 6 nitrogen and oxygen atoms in total. The third kappa shape index (κ3) is 16.1. The Morgan fingerprint density at radius 2 is 1.10 bits per heavy atom. The van der Waals surface area contributed by atoms with Gasteiger partial charge >= 0.3 is 0 Å². The van der Waals surface area contributed by atoms with Crippen molar-refractivity contribution in [3.05, 3.63) is 107 Å². The summed E-state index contributed by atoms with van der Waals surface area (Å²) in [5.74, 6) is 0.726. The van der Waals surface area contributed by atoms with Gasteiger partial charge in [0, 0.05) is 35.6 Å². The molecule has 4 rings (SSSR count). The lowest BCUT2D eigenvalue weighted by molar-refractivity contribution is -0.903. The highest BCUT2D eigenvalue weighted by Crippen LogP contribution is 2.34. The number of hydrogen-bond donors (Lipinski definition) is 0. The molecule has 3 aromatic carbocycles. The summed E-state index contributed by atoms with van der Waals surface area (Å²) in [6, 6.07) is 29.8. The van der Waals surface area contributed by atoms with Gasteiger partial charge in [0.05, 0.1) is 68.3 Å². The maximum Gasteiger partial charge on any atom is 0.233 e. The van der Waals surface area contributed by atoms with Crippen LogP contribution in [0.5, 0.6) is 0 Å². The van der Waals surface area contributed by atoms with Crippen LogP contribution in [0.1, 0.15) is 89.0 Å². The van der Waals surface area contributed by atoms with Crippen molar-refractivity contribution in [3.63, 3.8) is 0 Å². The largest absolute Gasteiger partial charge is 0.327 e. The SMILES string of the molecule is CC(CC1C(=O)N(CCC[N+](C)(C)Cc2ccccc2)C(=O)C1C)c1ccccc1.CCC(C)C.CC[N+](C)(C)Cc1ccc(C[N+](C)(C)C)cc1. The van der Waals surface area contributed by atoms with Gasteiger partial charge in [-0.25, -0.2) is 0 Å². The molecule has 52 heavy (non-hydrogen) atoms. The Balaban J connectivity index is 0.000000358. The second kappa shape index (κ2) is 20.8.